The highest BCUT2D eigenvalue weighted by molar-refractivity contribution is 6.02. The molecule has 3 aromatic carbocycles. The molecular weight excluding hydrogens is 525 g/mol. The van der Waals surface area contributed by atoms with Crippen molar-refractivity contribution in [2.24, 2.45) is 0 Å². The van der Waals surface area contributed by atoms with Gasteiger partial charge in [0.1, 0.15) is 5.58 Å². The summed E-state index contributed by atoms with van der Waals surface area (Å²) in [5.74, 6) is -3.27. The van der Waals surface area contributed by atoms with E-state index in [2.05, 4.69) is 22.2 Å². The summed E-state index contributed by atoms with van der Waals surface area (Å²) < 4.78 is 48.2. The van der Waals surface area contributed by atoms with Crippen molar-refractivity contribution >= 4 is 34.5 Å². The molecule has 1 N–H and O–H groups in total. The highest BCUT2D eigenvalue weighted by Gasteiger charge is 2.42. The van der Waals surface area contributed by atoms with Crippen LogP contribution in [0.1, 0.15) is 45.9 Å². The van der Waals surface area contributed by atoms with Gasteiger partial charge in [0.05, 0.1) is 17.0 Å². The lowest BCUT2D eigenvalue weighted by atomic mass is 9.91. The Kier molecular flexibility index (Phi) is 7.10. The average molecular weight is 551 g/mol. The number of hydrogen-bond donors (Lipinski definition) is 1. The van der Waals surface area contributed by atoms with Gasteiger partial charge in [0.2, 0.25) is 0 Å². The van der Waals surface area contributed by atoms with Gasteiger partial charge >= 0.3 is 18.1 Å². The first-order valence-corrected chi connectivity index (χ1v) is 12.6. The number of nitrogens with zero attached hydrogens (tertiary/aromatic N) is 1. The Balaban J connectivity index is 1.43. The number of rotatable bonds is 6. The van der Waals surface area contributed by atoms with Gasteiger partial charge in [-0.1, -0.05) is 48.5 Å². The maximum atomic E-state index is 13.1. The van der Waals surface area contributed by atoms with Crippen molar-refractivity contribution in [2.45, 2.75) is 32.0 Å². The second kappa shape index (κ2) is 10.5. The highest BCUT2D eigenvalue weighted by Crippen LogP contribution is 2.35. The minimum atomic E-state index is -5.31. The van der Waals surface area contributed by atoms with E-state index in [0.29, 0.717) is 41.4 Å². The summed E-state index contributed by atoms with van der Waals surface area (Å²) in [5.41, 5.74) is 2.69. The van der Waals surface area contributed by atoms with E-state index in [1.807, 2.05) is 36.1 Å². The van der Waals surface area contributed by atoms with E-state index in [-0.39, 0.29) is 16.7 Å². The van der Waals surface area contributed by atoms with E-state index in [4.69, 9.17) is 4.42 Å². The highest BCUT2D eigenvalue weighted by atomic mass is 19.4. The molecule has 1 aliphatic heterocycles. The zero-order chi connectivity index (χ0) is 28.6. The molecule has 1 aliphatic rings. The first-order chi connectivity index (χ1) is 19.0. The van der Waals surface area contributed by atoms with Gasteiger partial charge in [-0.3, -0.25) is 4.79 Å². The average Bonchev–Trinajstić information content (AvgIpc) is 2.88. The van der Waals surface area contributed by atoms with Gasteiger partial charge in [-0.15, -0.1) is 0 Å². The fraction of sp³-hybridized carbons (Fsp3) is 0.233. The molecule has 4 aromatic rings. The quantitative estimate of drug-likeness (QED) is 0.228. The Morgan fingerprint density at radius 2 is 1.70 bits per heavy atom. The summed E-state index contributed by atoms with van der Waals surface area (Å²) in [6.07, 6.45) is -5.31. The van der Waals surface area contributed by atoms with E-state index >= 15 is 0 Å². The van der Waals surface area contributed by atoms with E-state index in [9.17, 15) is 27.6 Å². The van der Waals surface area contributed by atoms with E-state index < -0.39 is 24.2 Å². The lowest BCUT2D eigenvalue weighted by Gasteiger charge is -2.40. The maximum Gasteiger partial charge on any atom is 0.491 e. The van der Waals surface area contributed by atoms with Crippen LogP contribution in [-0.2, 0) is 9.53 Å². The molecule has 0 saturated carbocycles. The van der Waals surface area contributed by atoms with Crippen LogP contribution < -0.4 is 15.6 Å². The molecule has 5 rings (SSSR count). The smallest absolute Gasteiger partial charge is 0.440 e. The fourth-order valence-electron chi connectivity index (χ4n) is 4.79. The summed E-state index contributed by atoms with van der Waals surface area (Å²) in [5, 5.41) is 3.48. The lowest BCUT2D eigenvalue weighted by molar-refractivity contribution is -0.193. The number of nitrogens with one attached hydrogen (secondary N) is 1. The van der Waals surface area contributed by atoms with E-state index in [1.54, 1.807) is 19.1 Å². The summed E-state index contributed by atoms with van der Waals surface area (Å²) in [7, 11) is 0. The summed E-state index contributed by atoms with van der Waals surface area (Å²) >= 11 is 0. The van der Waals surface area contributed by atoms with Gasteiger partial charge in [-0.05, 0) is 43.2 Å². The zero-order valence-electron chi connectivity index (χ0n) is 21.6. The van der Waals surface area contributed by atoms with Gasteiger partial charge in [-0.2, -0.15) is 13.2 Å². The van der Waals surface area contributed by atoms with Gasteiger partial charge in [0, 0.05) is 36.3 Å². The normalized spacial score (nSPS) is 14.5. The number of carbonyl (C=O) groups is 2. The Morgan fingerprint density at radius 3 is 2.40 bits per heavy atom. The van der Waals surface area contributed by atoms with Crippen molar-refractivity contribution in [3.8, 4) is 0 Å². The summed E-state index contributed by atoms with van der Waals surface area (Å²) in [4.78, 5) is 38.7. The number of alkyl halides is 3. The third-order valence-electron chi connectivity index (χ3n) is 6.86. The number of aryl methyl sites for hydroxylation is 1. The molecule has 10 heteroatoms. The topological polar surface area (TPSA) is 88.8 Å². The van der Waals surface area contributed by atoms with Crippen molar-refractivity contribution in [2.75, 3.05) is 23.3 Å². The Labute approximate surface area is 227 Å². The maximum absolute atomic E-state index is 13.1. The van der Waals surface area contributed by atoms with Gasteiger partial charge < -0.3 is 19.4 Å². The largest absolute Gasteiger partial charge is 0.491 e. The molecule has 2 heterocycles. The molecule has 1 aromatic heterocycles. The Bertz CT molecular complexity index is 1640. The number of halogens is 3. The molecule has 0 aliphatic carbocycles. The number of para-hydroxylation sites is 1. The van der Waals surface area contributed by atoms with Crippen LogP contribution in [-0.4, -0.2) is 31.2 Å². The SMILES string of the molecule is Cc1cc(C(C)Nc2ccccc2C(=O)OC(=O)C(F)(F)F)c2oc(N3CC(c4ccccc4)C3)cc(=O)c2c1. The molecule has 0 amide bonds. The standard InChI is InChI=1S/C30H25F3N2O5/c1-17-12-22(18(2)34-24-11-7-6-10-21(24)28(37)40-29(38)30(31,32)33)27-23(13-17)25(36)14-26(39-27)35-15-20(16-35)19-8-4-3-5-9-19/h3-14,18,20,34H,15-16H2,1-2H3. The van der Waals surface area contributed by atoms with E-state index in [1.165, 1.54) is 29.8 Å². The molecule has 1 fully saturated rings. The Hall–Kier alpha value is -4.60. The van der Waals surface area contributed by atoms with Crippen molar-refractivity contribution in [3.05, 3.63) is 105 Å². The summed E-state index contributed by atoms with van der Waals surface area (Å²) in [6.45, 7) is 4.98. The lowest BCUT2D eigenvalue weighted by Crippen LogP contribution is -2.45. The van der Waals surface area contributed by atoms with Crippen LogP contribution in [0, 0.1) is 6.92 Å². The number of carbonyl (C=O) groups excluding carboxylic acids is 2. The first-order valence-electron chi connectivity index (χ1n) is 12.6. The molecule has 0 radical (unpaired) electrons. The minimum Gasteiger partial charge on any atom is -0.440 e. The number of esters is 2. The molecule has 7 nitrogen and oxygen atoms in total. The molecule has 1 atom stereocenters. The van der Waals surface area contributed by atoms with Crippen molar-refractivity contribution in [1.29, 1.82) is 0 Å². The monoisotopic (exact) mass is 550 g/mol. The zero-order valence-corrected chi connectivity index (χ0v) is 21.6. The second-order valence-corrected chi connectivity index (χ2v) is 9.78. The molecular formula is C30H25F3N2O5. The molecule has 206 valence electrons. The number of hydrogen-bond acceptors (Lipinski definition) is 7. The Morgan fingerprint density at radius 1 is 1.02 bits per heavy atom. The minimum absolute atomic E-state index is 0.150. The van der Waals surface area contributed by atoms with Crippen LogP contribution >= 0.6 is 0 Å². The molecule has 40 heavy (non-hydrogen) atoms. The molecule has 1 unspecified atom stereocenters. The van der Waals surface area contributed by atoms with Crippen LogP contribution in [0.4, 0.5) is 24.7 Å². The summed E-state index contributed by atoms with van der Waals surface area (Å²) in [6, 6.07) is 20.3. The predicted octanol–water partition coefficient (Wildman–Crippen LogP) is 6.12. The van der Waals surface area contributed by atoms with Gasteiger partial charge in [0.25, 0.3) is 0 Å². The number of benzene rings is 3. The van der Waals surface area contributed by atoms with Crippen LogP contribution in [0.5, 0.6) is 0 Å². The molecule has 1 saturated heterocycles. The van der Waals surface area contributed by atoms with Crippen LogP contribution in [0.3, 0.4) is 0 Å². The molecule has 0 spiro atoms. The van der Waals surface area contributed by atoms with Crippen LogP contribution in [0.25, 0.3) is 11.0 Å². The second-order valence-electron chi connectivity index (χ2n) is 9.78. The third kappa shape index (κ3) is 5.42. The van der Waals surface area contributed by atoms with Crippen molar-refractivity contribution < 1.29 is 31.9 Å². The van der Waals surface area contributed by atoms with Crippen molar-refractivity contribution in [1.82, 2.24) is 0 Å². The van der Waals surface area contributed by atoms with Gasteiger partial charge in [-0.25, -0.2) is 9.59 Å². The number of anilines is 2. The first kappa shape index (κ1) is 27.0. The fourth-order valence-corrected chi connectivity index (χ4v) is 4.79. The predicted molar refractivity (Wildman–Crippen MR) is 144 cm³/mol. The third-order valence-corrected chi connectivity index (χ3v) is 6.86. The number of ether oxygens (including phenoxy) is 1. The molecule has 0 bridgehead atoms. The van der Waals surface area contributed by atoms with Crippen LogP contribution in [0.2, 0.25) is 0 Å². The van der Waals surface area contributed by atoms with E-state index in [0.717, 1.165) is 5.56 Å². The van der Waals surface area contributed by atoms with Gasteiger partial charge in [0.15, 0.2) is 11.3 Å². The van der Waals surface area contributed by atoms with Crippen molar-refractivity contribution in [3.63, 3.8) is 0 Å². The number of fused-ring (bicyclic) bond motifs is 1. The van der Waals surface area contributed by atoms with Crippen LogP contribution in [0.15, 0.2) is 82.0 Å².